The number of halogens is 3. The predicted molar refractivity (Wildman–Crippen MR) is 121 cm³/mol. The Morgan fingerprint density at radius 1 is 0.941 bits per heavy atom. The van der Waals surface area contributed by atoms with Crippen molar-refractivity contribution >= 4 is 0 Å². The van der Waals surface area contributed by atoms with Gasteiger partial charge < -0.3 is 9.47 Å². The zero-order valence-electron chi connectivity index (χ0n) is 18.8. The van der Waals surface area contributed by atoms with Crippen molar-refractivity contribution in [2.24, 2.45) is 0 Å². The number of H-pyrrole nitrogens is 1. The van der Waals surface area contributed by atoms with Crippen LogP contribution >= 0.6 is 0 Å². The second-order valence-electron chi connectivity index (χ2n) is 7.83. The number of aromatic amines is 1. The van der Waals surface area contributed by atoms with Crippen molar-refractivity contribution in [2.75, 3.05) is 7.11 Å². The second-order valence-corrected chi connectivity index (χ2v) is 7.83. The Morgan fingerprint density at radius 3 is 2.29 bits per heavy atom. The van der Waals surface area contributed by atoms with Gasteiger partial charge in [-0.1, -0.05) is 31.2 Å². The maximum absolute atomic E-state index is 12.8. The highest BCUT2D eigenvalue weighted by Gasteiger charge is 2.30. The molecule has 0 radical (unpaired) electrons. The summed E-state index contributed by atoms with van der Waals surface area (Å²) in [5.41, 5.74) is 2.96. The Bertz CT molecular complexity index is 1250. The third-order valence-corrected chi connectivity index (χ3v) is 5.42. The maximum atomic E-state index is 12.8. The van der Waals surface area contributed by atoms with Crippen LogP contribution in [0.5, 0.6) is 11.6 Å². The first kappa shape index (κ1) is 23.3. The van der Waals surface area contributed by atoms with E-state index in [2.05, 4.69) is 20.2 Å². The molecule has 0 aliphatic heterocycles. The lowest BCUT2D eigenvalue weighted by atomic mass is 9.96. The van der Waals surface area contributed by atoms with E-state index in [-0.39, 0.29) is 5.92 Å². The fourth-order valence-electron chi connectivity index (χ4n) is 3.45. The number of methoxy groups -OCH3 is 1. The summed E-state index contributed by atoms with van der Waals surface area (Å²) in [7, 11) is 1.61. The summed E-state index contributed by atoms with van der Waals surface area (Å²) in [6, 6.07) is 16.2. The second kappa shape index (κ2) is 9.54. The van der Waals surface area contributed by atoms with Crippen molar-refractivity contribution in [1.29, 1.82) is 0 Å². The molecule has 0 saturated carbocycles. The minimum atomic E-state index is -4.36. The van der Waals surface area contributed by atoms with Gasteiger partial charge in [0.05, 0.1) is 18.4 Å². The lowest BCUT2D eigenvalue weighted by Gasteiger charge is -2.12. The van der Waals surface area contributed by atoms with E-state index in [1.54, 1.807) is 20.1 Å². The van der Waals surface area contributed by atoms with Crippen LogP contribution in [0.3, 0.4) is 0 Å². The van der Waals surface area contributed by atoms with Crippen molar-refractivity contribution in [2.45, 2.75) is 32.5 Å². The van der Waals surface area contributed by atoms with Gasteiger partial charge in [0.2, 0.25) is 5.88 Å². The molecule has 2 heterocycles. The van der Waals surface area contributed by atoms with Crippen LogP contribution in [0.15, 0.2) is 60.7 Å². The topological polar surface area (TPSA) is 72.9 Å². The van der Waals surface area contributed by atoms with Gasteiger partial charge in [0, 0.05) is 17.7 Å². The first-order valence-corrected chi connectivity index (χ1v) is 10.6. The summed E-state index contributed by atoms with van der Waals surface area (Å²) in [5.74, 6) is 1.53. The Kier molecular flexibility index (Phi) is 6.54. The third-order valence-electron chi connectivity index (χ3n) is 5.42. The van der Waals surface area contributed by atoms with Crippen LogP contribution in [0.4, 0.5) is 13.2 Å². The Labute approximate surface area is 194 Å². The van der Waals surface area contributed by atoms with E-state index in [0.717, 1.165) is 34.7 Å². The SMILES string of the molecule is COc1ccc(COc2cc(-c3cc(C(C)c4ccc(C(F)(F)F)cc4)[nH]n3)nc(C)n2)cc1. The monoisotopic (exact) mass is 468 g/mol. The molecule has 0 saturated heterocycles. The molecule has 4 aromatic rings. The van der Waals surface area contributed by atoms with Crippen molar-refractivity contribution < 1.29 is 22.6 Å². The zero-order chi connectivity index (χ0) is 24.3. The minimum absolute atomic E-state index is 0.183. The highest BCUT2D eigenvalue weighted by Crippen LogP contribution is 2.32. The zero-order valence-corrected chi connectivity index (χ0v) is 18.8. The normalized spacial score (nSPS) is 12.4. The van der Waals surface area contributed by atoms with E-state index in [1.807, 2.05) is 37.3 Å². The van der Waals surface area contributed by atoms with Crippen molar-refractivity contribution in [3.63, 3.8) is 0 Å². The number of benzene rings is 2. The van der Waals surface area contributed by atoms with E-state index in [9.17, 15) is 13.2 Å². The van der Waals surface area contributed by atoms with E-state index in [4.69, 9.17) is 9.47 Å². The number of alkyl halides is 3. The van der Waals surface area contributed by atoms with Crippen LogP contribution in [0.25, 0.3) is 11.4 Å². The number of aromatic nitrogens is 4. The summed E-state index contributed by atoms with van der Waals surface area (Å²) in [6.07, 6.45) is -4.36. The summed E-state index contributed by atoms with van der Waals surface area (Å²) < 4.78 is 49.5. The Morgan fingerprint density at radius 2 is 1.65 bits per heavy atom. The molecule has 1 unspecified atom stereocenters. The molecule has 9 heteroatoms. The molecule has 1 N–H and O–H groups in total. The quantitative estimate of drug-likeness (QED) is 0.364. The van der Waals surface area contributed by atoms with Gasteiger partial charge in [0.1, 0.15) is 23.9 Å². The molecule has 2 aromatic heterocycles. The molecule has 0 aliphatic rings. The summed E-state index contributed by atoms with van der Waals surface area (Å²) in [5, 5.41) is 7.31. The summed E-state index contributed by atoms with van der Waals surface area (Å²) in [4.78, 5) is 8.79. The first-order valence-electron chi connectivity index (χ1n) is 10.6. The molecule has 0 amide bonds. The van der Waals surface area contributed by atoms with Gasteiger partial charge in [0.25, 0.3) is 0 Å². The highest BCUT2D eigenvalue weighted by molar-refractivity contribution is 5.56. The molecule has 0 fully saturated rings. The molecule has 6 nitrogen and oxygen atoms in total. The maximum Gasteiger partial charge on any atom is 0.416 e. The molecule has 1 atom stereocenters. The van der Waals surface area contributed by atoms with E-state index < -0.39 is 11.7 Å². The highest BCUT2D eigenvalue weighted by atomic mass is 19.4. The third kappa shape index (κ3) is 5.36. The standard InChI is InChI=1S/C25H23F3N4O2/c1-15(18-6-8-19(9-7-18)25(26,27)28)21-12-23(32-31-21)22-13-24(30-16(2)29-22)34-14-17-4-10-20(33-3)11-5-17/h4-13,15H,14H2,1-3H3,(H,31,32). The Balaban J connectivity index is 1.49. The van der Waals surface area contributed by atoms with Crippen LogP contribution in [0.1, 0.15) is 41.1 Å². The van der Waals surface area contributed by atoms with Gasteiger partial charge in [-0.05, 0) is 48.4 Å². The average Bonchev–Trinajstić information content (AvgIpc) is 3.32. The number of rotatable bonds is 7. The van der Waals surface area contributed by atoms with E-state index in [0.29, 0.717) is 29.7 Å². The predicted octanol–water partition coefficient (Wildman–Crippen LogP) is 5.93. The molecular weight excluding hydrogens is 445 g/mol. The summed E-state index contributed by atoms with van der Waals surface area (Å²) >= 11 is 0. The Hall–Kier alpha value is -3.88. The van der Waals surface area contributed by atoms with Crippen molar-refractivity contribution in [3.05, 3.63) is 88.9 Å². The lowest BCUT2D eigenvalue weighted by molar-refractivity contribution is -0.137. The number of aryl methyl sites for hydroxylation is 1. The lowest BCUT2D eigenvalue weighted by Crippen LogP contribution is -2.05. The van der Waals surface area contributed by atoms with Crippen LogP contribution < -0.4 is 9.47 Å². The number of nitrogens with zero attached hydrogens (tertiary/aromatic N) is 3. The van der Waals surface area contributed by atoms with Crippen LogP contribution in [-0.4, -0.2) is 27.3 Å². The fourth-order valence-corrected chi connectivity index (χ4v) is 3.45. The van der Waals surface area contributed by atoms with Gasteiger partial charge in [0.15, 0.2) is 0 Å². The largest absolute Gasteiger partial charge is 0.497 e. The van der Waals surface area contributed by atoms with Gasteiger partial charge in [-0.15, -0.1) is 0 Å². The van der Waals surface area contributed by atoms with E-state index in [1.165, 1.54) is 12.1 Å². The van der Waals surface area contributed by atoms with Crippen LogP contribution in [0, 0.1) is 6.92 Å². The molecule has 2 aromatic carbocycles. The molecule has 0 aliphatic carbocycles. The molecular formula is C25H23F3N4O2. The first-order chi connectivity index (χ1) is 16.2. The van der Waals surface area contributed by atoms with Crippen LogP contribution in [0.2, 0.25) is 0 Å². The fraction of sp³-hybridized carbons (Fsp3) is 0.240. The summed E-state index contributed by atoms with van der Waals surface area (Å²) in [6.45, 7) is 3.99. The average molecular weight is 468 g/mol. The van der Waals surface area contributed by atoms with Crippen molar-refractivity contribution in [3.8, 4) is 23.0 Å². The van der Waals surface area contributed by atoms with Gasteiger partial charge in [-0.3, -0.25) is 5.10 Å². The molecule has 0 spiro atoms. The van der Waals surface area contributed by atoms with Gasteiger partial charge in [-0.25, -0.2) is 4.98 Å². The minimum Gasteiger partial charge on any atom is -0.497 e. The number of nitrogens with one attached hydrogen (secondary N) is 1. The van der Waals surface area contributed by atoms with Crippen molar-refractivity contribution in [1.82, 2.24) is 20.2 Å². The molecule has 34 heavy (non-hydrogen) atoms. The van der Waals surface area contributed by atoms with Crippen LogP contribution in [-0.2, 0) is 12.8 Å². The molecule has 0 bridgehead atoms. The number of hydrogen-bond donors (Lipinski definition) is 1. The van der Waals surface area contributed by atoms with Gasteiger partial charge >= 0.3 is 6.18 Å². The molecule has 176 valence electrons. The molecule has 4 rings (SSSR count). The smallest absolute Gasteiger partial charge is 0.416 e. The number of hydrogen-bond acceptors (Lipinski definition) is 5. The van der Waals surface area contributed by atoms with Gasteiger partial charge in [-0.2, -0.15) is 23.3 Å². The number of ether oxygens (including phenoxy) is 2. The van der Waals surface area contributed by atoms with E-state index >= 15 is 0 Å².